The molecule has 1 atom stereocenters. The van der Waals surface area contributed by atoms with Gasteiger partial charge in [-0.3, -0.25) is 0 Å². The summed E-state index contributed by atoms with van der Waals surface area (Å²) in [5.41, 5.74) is 4.93. The van der Waals surface area contributed by atoms with Crippen molar-refractivity contribution in [3.05, 3.63) is 68.7 Å². The highest BCUT2D eigenvalue weighted by atomic mass is 79.9. The Bertz CT molecular complexity index is 558. The number of halogens is 3. The van der Waals surface area contributed by atoms with E-state index >= 15 is 0 Å². The van der Waals surface area contributed by atoms with Crippen molar-refractivity contribution in [2.75, 3.05) is 0 Å². The second-order valence-corrected chi connectivity index (χ2v) is 6.07. The quantitative estimate of drug-likeness (QED) is 0.578. The van der Waals surface area contributed by atoms with Gasteiger partial charge in [0.1, 0.15) is 0 Å². The molecule has 0 N–H and O–H groups in total. The number of benzene rings is 2. The maximum absolute atomic E-state index is 6.07. The molecule has 0 aliphatic heterocycles. The molecule has 0 amide bonds. The fourth-order valence-corrected chi connectivity index (χ4v) is 3.38. The van der Waals surface area contributed by atoms with Crippen LogP contribution in [0.5, 0.6) is 0 Å². The van der Waals surface area contributed by atoms with Crippen LogP contribution in [-0.2, 0) is 0 Å². The average molecular weight is 344 g/mol. The number of hydrogen-bond donors (Lipinski definition) is 0. The summed E-state index contributed by atoms with van der Waals surface area (Å²) in [6.07, 6.45) is 0. The molecule has 0 spiro atoms. The first-order chi connectivity index (χ1) is 8.50. The van der Waals surface area contributed by atoms with Gasteiger partial charge < -0.3 is 0 Å². The monoisotopic (exact) mass is 342 g/mol. The summed E-state index contributed by atoms with van der Waals surface area (Å²) in [7, 11) is 0. The van der Waals surface area contributed by atoms with Crippen molar-refractivity contribution in [2.45, 2.75) is 18.7 Å². The average Bonchev–Trinajstić information content (AvgIpc) is 2.32. The van der Waals surface area contributed by atoms with E-state index in [2.05, 4.69) is 48.0 Å². The highest BCUT2D eigenvalue weighted by molar-refractivity contribution is 9.09. The highest BCUT2D eigenvalue weighted by Crippen LogP contribution is 2.37. The van der Waals surface area contributed by atoms with E-state index in [9.17, 15) is 0 Å². The van der Waals surface area contributed by atoms with E-state index in [4.69, 9.17) is 23.2 Å². The maximum Gasteiger partial charge on any atom is 0.0650 e. The molecule has 3 heteroatoms. The Morgan fingerprint density at radius 3 is 2.11 bits per heavy atom. The van der Waals surface area contributed by atoms with Gasteiger partial charge in [-0.25, -0.2) is 0 Å². The van der Waals surface area contributed by atoms with Gasteiger partial charge in [0.05, 0.1) is 14.9 Å². The van der Waals surface area contributed by atoms with Crippen LogP contribution in [0.15, 0.2) is 36.4 Å². The molecule has 0 aromatic heterocycles. The summed E-state index contributed by atoms with van der Waals surface area (Å²) in [5, 5.41) is 1.17. The minimum Gasteiger partial charge on any atom is -0.0827 e. The Labute approximate surface area is 126 Å². The molecule has 0 nitrogen and oxygen atoms in total. The van der Waals surface area contributed by atoms with Crippen LogP contribution in [0.3, 0.4) is 0 Å². The normalized spacial score (nSPS) is 12.5. The van der Waals surface area contributed by atoms with Crippen molar-refractivity contribution < 1.29 is 0 Å². The molecule has 0 fully saturated rings. The highest BCUT2D eigenvalue weighted by Gasteiger charge is 2.15. The molecule has 0 aliphatic carbocycles. The Morgan fingerprint density at radius 1 is 0.944 bits per heavy atom. The van der Waals surface area contributed by atoms with Crippen LogP contribution in [0.2, 0.25) is 10.0 Å². The zero-order valence-corrected chi connectivity index (χ0v) is 13.3. The summed E-state index contributed by atoms with van der Waals surface area (Å²) < 4.78 is 0. The fourth-order valence-electron chi connectivity index (χ4n) is 2.06. The minimum atomic E-state index is 0.133. The Morgan fingerprint density at radius 2 is 1.56 bits per heavy atom. The predicted molar refractivity (Wildman–Crippen MR) is 83.1 cm³/mol. The first-order valence-corrected chi connectivity index (χ1v) is 7.33. The smallest absolute Gasteiger partial charge is 0.0650 e. The third kappa shape index (κ3) is 2.74. The molecule has 2 aromatic rings. The van der Waals surface area contributed by atoms with Crippen LogP contribution in [0.25, 0.3) is 0 Å². The van der Waals surface area contributed by atoms with E-state index in [1.165, 1.54) is 16.7 Å². The van der Waals surface area contributed by atoms with Crippen LogP contribution in [0.1, 0.15) is 27.1 Å². The van der Waals surface area contributed by atoms with Gasteiger partial charge in [0, 0.05) is 0 Å². The van der Waals surface area contributed by atoms with Crippen molar-refractivity contribution in [3.63, 3.8) is 0 Å². The summed E-state index contributed by atoms with van der Waals surface area (Å²) in [4.78, 5) is 0.133. The summed E-state index contributed by atoms with van der Waals surface area (Å²) in [6.45, 7) is 4.24. The van der Waals surface area contributed by atoms with Gasteiger partial charge in [-0.15, -0.1) is 0 Å². The van der Waals surface area contributed by atoms with Gasteiger partial charge in [0.25, 0.3) is 0 Å². The van der Waals surface area contributed by atoms with Gasteiger partial charge in [-0.05, 0) is 48.2 Å². The van der Waals surface area contributed by atoms with Crippen LogP contribution in [0, 0.1) is 13.8 Å². The topological polar surface area (TPSA) is 0 Å². The molecule has 0 heterocycles. The van der Waals surface area contributed by atoms with Gasteiger partial charge in [0.15, 0.2) is 0 Å². The lowest BCUT2D eigenvalue weighted by atomic mass is 9.96. The molecule has 0 saturated heterocycles. The number of rotatable bonds is 2. The number of alkyl halides is 1. The second kappa shape index (κ2) is 5.64. The summed E-state index contributed by atoms with van der Waals surface area (Å²) in [6, 6.07) is 12.1. The molecule has 18 heavy (non-hydrogen) atoms. The second-order valence-electron chi connectivity index (χ2n) is 4.34. The maximum atomic E-state index is 6.07. The van der Waals surface area contributed by atoms with E-state index in [-0.39, 0.29) is 4.83 Å². The molecule has 94 valence electrons. The van der Waals surface area contributed by atoms with Gasteiger partial charge in [-0.1, -0.05) is 63.4 Å². The Balaban J connectivity index is 2.48. The molecule has 0 saturated carbocycles. The standard InChI is InChI=1S/C15H13BrCl2/c1-9-4-3-5-10(2)14(9)15(16)11-6-7-12(17)13(18)8-11/h3-8,15H,1-2H3. The zero-order valence-electron chi connectivity index (χ0n) is 10.2. The number of aryl methyl sites for hydroxylation is 2. The van der Waals surface area contributed by atoms with Crippen LogP contribution >= 0.6 is 39.1 Å². The molecular weight excluding hydrogens is 331 g/mol. The lowest BCUT2D eigenvalue weighted by Gasteiger charge is -2.17. The van der Waals surface area contributed by atoms with Crippen molar-refractivity contribution in [3.8, 4) is 0 Å². The van der Waals surface area contributed by atoms with Crippen molar-refractivity contribution in [2.24, 2.45) is 0 Å². The largest absolute Gasteiger partial charge is 0.0827 e. The predicted octanol–water partition coefficient (Wildman–Crippen LogP) is 6.09. The first kappa shape index (κ1) is 13.9. The Hall–Kier alpha value is -0.500. The van der Waals surface area contributed by atoms with E-state index in [1.807, 2.05) is 18.2 Å². The molecule has 0 aliphatic rings. The Kier molecular flexibility index (Phi) is 4.37. The fraction of sp³-hybridized carbons (Fsp3) is 0.200. The molecule has 0 radical (unpaired) electrons. The summed E-state index contributed by atoms with van der Waals surface area (Å²) >= 11 is 15.8. The zero-order chi connectivity index (χ0) is 13.3. The first-order valence-electron chi connectivity index (χ1n) is 5.66. The number of hydrogen-bond acceptors (Lipinski definition) is 0. The van der Waals surface area contributed by atoms with Gasteiger partial charge in [0.2, 0.25) is 0 Å². The third-order valence-electron chi connectivity index (χ3n) is 3.03. The molecular formula is C15H13BrCl2. The molecule has 2 aromatic carbocycles. The lowest BCUT2D eigenvalue weighted by molar-refractivity contribution is 1.11. The van der Waals surface area contributed by atoms with Crippen molar-refractivity contribution in [1.29, 1.82) is 0 Å². The summed E-state index contributed by atoms with van der Waals surface area (Å²) in [5.74, 6) is 0. The van der Waals surface area contributed by atoms with E-state index in [0.717, 1.165) is 5.56 Å². The van der Waals surface area contributed by atoms with E-state index in [0.29, 0.717) is 10.0 Å². The van der Waals surface area contributed by atoms with Gasteiger partial charge >= 0.3 is 0 Å². The minimum absolute atomic E-state index is 0.133. The molecule has 1 unspecified atom stereocenters. The molecule has 2 rings (SSSR count). The van der Waals surface area contributed by atoms with E-state index in [1.54, 1.807) is 0 Å². The van der Waals surface area contributed by atoms with Gasteiger partial charge in [-0.2, -0.15) is 0 Å². The van der Waals surface area contributed by atoms with E-state index < -0.39 is 0 Å². The van der Waals surface area contributed by atoms with Crippen LogP contribution < -0.4 is 0 Å². The van der Waals surface area contributed by atoms with Crippen LogP contribution in [-0.4, -0.2) is 0 Å². The third-order valence-corrected chi connectivity index (χ3v) is 4.76. The SMILES string of the molecule is Cc1cccc(C)c1C(Br)c1ccc(Cl)c(Cl)c1. The lowest BCUT2D eigenvalue weighted by Crippen LogP contribution is -1.99. The van der Waals surface area contributed by atoms with Crippen LogP contribution in [0.4, 0.5) is 0 Å². The van der Waals surface area contributed by atoms with Crippen molar-refractivity contribution >= 4 is 39.1 Å². The van der Waals surface area contributed by atoms with Crippen molar-refractivity contribution in [1.82, 2.24) is 0 Å². The molecule has 0 bridgehead atoms.